The molecule has 1 N–H and O–H groups in total. The summed E-state index contributed by atoms with van der Waals surface area (Å²) in [6, 6.07) is 13.8. The first-order chi connectivity index (χ1) is 13.8. The molecule has 1 atom stereocenters. The lowest BCUT2D eigenvalue weighted by molar-refractivity contribution is 0.0619. The SMILES string of the molecule is Cc1ccc2c(c1)[C@H](NC(=O)c1ccc(Cn3ccnc3C)cc1)CC(C)(C)O2. The minimum atomic E-state index is -0.327. The fourth-order valence-electron chi connectivity index (χ4n) is 3.87. The number of fused-ring (bicyclic) bond motifs is 1. The summed E-state index contributed by atoms with van der Waals surface area (Å²) in [5.41, 5.74) is 3.67. The predicted molar refractivity (Wildman–Crippen MR) is 113 cm³/mol. The zero-order chi connectivity index (χ0) is 20.6. The zero-order valence-electron chi connectivity index (χ0n) is 17.4. The maximum absolute atomic E-state index is 12.9. The van der Waals surface area contributed by atoms with E-state index in [1.807, 2.05) is 49.5 Å². The molecule has 150 valence electrons. The largest absolute Gasteiger partial charge is 0.487 e. The molecule has 1 aliphatic rings. The fourth-order valence-corrected chi connectivity index (χ4v) is 3.87. The number of aryl methyl sites for hydroxylation is 2. The molecule has 0 saturated heterocycles. The molecule has 5 heteroatoms. The summed E-state index contributed by atoms with van der Waals surface area (Å²) in [5.74, 6) is 1.76. The van der Waals surface area contributed by atoms with Crippen molar-refractivity contribution in [1.82, 2.24) is 14.9 Å². The summed E-state index contributed by atoms with van der Waals surface area (Å²) in [7, 11) is 0. The predicted octanol–water partition coefficient (Wildman–Crippen LogP) is 4.58. The molecule has 5 nitrogen and oxygen atoms in total. The van der Waals surface area contributed by atoms with Gasteiger partial charge in [0.15, 0.2) is 0 Å². The first-order valence-electron chi connectivity index (χ1n) is 9.98. The van der Waals surface area contributed by atoms with Crippen LogP contribution in [0.3, 0.4) is 0 Å². The van der Waals surface area contributed by atoms with E-state index in [1.165, 1.54) is 0 Å². The van der Waals surface area contributed by atoms with Crippen molar-refractivity contribution in [2.75, 3.05) is 0 Å². The van der Waals surface area contributed by atoms with Gasteiger partial charge in [0.1, 0.15) is 17.2 Å². The highest BCUT2D eigenvalue weighted by Gasteiger charge is 2.34. The van der Waals surface area contributed by atoms with E-state index in [0.29, 0.717) is 5.56 Å². The number of ether oxygens (including phenoxy) is 1. The van der Waals surface area contributed by atoms with Crippen LogP contribution in [0.5, 0.6) is 5.75 Å². The molecule has 1 amide bonds. The van der Waals surface area contributed by atoms with Crippen LogP contribution in [0.4, 0.5) is 0 Å². The van der Waals surface area contributed by atoms with E-state index in [4.69, 9.17) is 4.74 Å². The second kappa shape index (κ2) is 7.39. The van der Waals surface area contributed by atoms with Crippen molar-refractivity contribution < 1.29 is 9.53 Å². The summed E-state index contributed by atoms with van der Waals surface area (Å²) in [6.07, 6.45) is 4.49. The van der Waals surface area contributed by atoms with Gasteiger partial charge in [-0.1, -0.05) is 29.8 Å². The van der Waals surface area contributed by atoms with Gasteiger partial charge < -0.3 is 14.6 Å². The van der Waals surface area contributed by atoms with Gasteiger partial charge in [-0.25, -0.2) is 4.98 Å². The van der Waals surface area contributed by atoms with Crippen molar-refractivity contribution in [2.45, 2.75) is 52.3 Å². The average molecular weight is 389 g/mol. The summed E-state index contributed by atoms with van der Waals surface area (Å²) < 4.78 is 8.19. The Bertz CT molecular complexity index is 1030. The lowest BCUT2D eigenvalue weighted by Gasteiger charge is -2.38. The maximum atomic E-state index is 12.9. The molecule has 0 unspecified atom stereocenters. The highest BCUT2D eigenvalue weighted by molar-refractivity contribution is 5.94. The van der Waals surface area contributed by atoms with E-state index in [-0.39, 0.29) is 17.6 Å². The second-order valence-corrected chi connectivity index (χ2v) is 8.43. The van der Waals surface area contributed by atoms with Gasteiger partial charge in [0, 0.05) is 36.5 Å². The molecule has 4 rings (SSSR count). The first-order valence-corrected chi connectivity index (χ1v) is 9.98. The Hall–Kier alpha value is -3.08. The van der Waals surface area contributed by atoms with Gasteiger partial charge in [0.2, 0.25) is 0 Å². The Morgan fingerprint density at radius 3 is 2.66 bits per heavy atom. The molecule has 0 fully saturated rings. The standard InChI is InChI=1S/C24H27N3O2/c1-16-5-10-22-20(13-16)21(14-24(3,4)29-22)26-23(28)19-8-6-18(7-9-19)15-27-12-11-25-17(27)2/h5-13,21H,14-15H2,1-4H3,(H,26,28)/t21-/m1/s1. The number of carbonyl (C=O) groups excluding carboxylic acids is 1. The number of aromatic nitrogens is 2. The summed E-state index contributed by atoms with van der Waals surface area (Å²) >= 11 is 0. The van der Waals surface area contributed by atoms with Crippen LogP contribution in [0.25, 0.3) is 0 Å². The molecule has 29 heavy (non-hydrogen) atoms. The van der Waals surface area contributed by atoms with E-state index >= 15 is 0 Å². The first kappa shape index (κ1) is 19.2. The lowest BCUT2D eigenvalue weighted by atomic mass is 9.88. The third-order valence-electron chi connectivity index (χ3n) is 5.42. The van der Waals surface area contributed by atoms with Crippen LogP contribution in [0, 0.1) is 13.8 Å². The Morgan fingerprint density at radius 1 is 1.21 bits per heavy atom. The molecular weight excluding hydrogens is 362 g/mol. The highest BCUT2D eigenvalue weighted by atomic mass is 16.5. The van der Waals surface area contributed by atoms with Crippen molar-refractivity contribution >= 4 is 5.91 Å². The van der Waals surface area contributed by atoms with Crippen molar-refractivity contribution in [2.24, 2.45) is 0 Å². The Labute approximate surface area is 171 Å². The van der Waals surface area contributed by atoms with Crippen LogP contribution in [-0.2, 0) is 6.54 Å². The number of amides is 1. The third kappa shape index (κ3) is 4.19. The van der Waals surface area contributed by atoms with Crippen LogP contribution in [0.2, 0.25) is 0 Å². The topological polar surface area (TPSA) is 56.2 Å². The quantitative estimate of drug-likeness (QED) is 0.711. The summed E-state index contributed by atoms with van der Waals surface area (Å²) in [6.45, 7) is 8.90. The molecule has 0 radical (unpaired) electrons. The van der Waals surface area contributed by atoms with Crippen molar-refractivity contribution in [3.8, 4) is 5.75 Å². The van der Waals surface area contributed by atoms with Crippen molar-refractivity contribution in [3.05, 3.63) is 82.9 Å². The molecule has 1 aromatic heterocycles. The fraction of sp³-hybridized carbons (Fsp3) is 0.333. The molecule has 0 spiro atoms. The van der Waals surface area contributed by atoms with E-state index in [0.717, 1.165) is 41.2 Å². The number of hydrogen-bond donors (Lipinski definition) is 1. The van der Waals surface area contributed by atoms with Crippen LogP contribution in [0.15, 0.2) is 54.9 Å². The minimum absolute atomic E-state index is 0.0643. The number of carbonyl (C=O) groups is 1. The molecular formula is C24H27N3O2. The molecule has 2 heterocycles. The van der Waals surface area contributed by atoms with Gasteiger partial charge in [-0.3, -0.25) is 4.79 Å². The molecule has 2 aromatic carbocycles. The maximum Gasteiger partial charge on any atom is 0.251 e. The minimum Gasteiger partial charge on any atom is -0.487 e. The average Bonchev–Trinajstić information content (AvgIpc) is 3.07. The van der Waals surface area contributed by atoms with E-state index < -0.39 is 0 Å². The van der Waals surface area contributed by atoms with Gasteiger partial charge in [-0.15, -0.1) is 0 Å². The molecule has 0 bridgehead atoms. The van der Waals surface area contributed by atoms with Gasteiger partial charge in [-0.05, 0) is 51.5 Å². The van der Waals surface area contributed by atoms with Gasteiger partial charge in [0.25, 0.3) is 5.91 Å². The lowest BCUT2D eigenvalue weighted by Crippen LogP contribution is -2.41. The van der Waals surface area contributed by atoms with Crippen LogP contribution in [-0.4, -0.2) is 21.1 Å². The van der Waals surface area contributed by atoms with Gasteiger partial charge in [-0.2, -0.15) is 0 Å². The Balaban J connectivity index is 1.50. The molecule has 1 aliphatic heterocycles. The zero-order valence-corrected chi connectivity index (χ0v) is 17.4. The Kier molecular flexibility index (Phi) is 4.91. The van der Waals surface area contributed by atoms with Crippen LogP contribution >= 0.6 is 0 Å². The second-order valence-electron chi connectivity index (χ2n) is 8.43. The highest BCUT2D eigenvalue weighted by Crippen LogP contribution is 2.40. The van der Waals surface area contributed by atoms with E-state index in [1.54, 1.807) is 6.20 Å². The van der Waals surface area contributed by atoms with E-state index in [2.05, 4.69) is 41.7 Å². The summed E-state index contributed by atoms with van der Waals surface area (Å²) in [5, 5.41) is 3.21. The normalized spacial score (nSPS) is 17.3. The number of rotatable bonds is 4. The third-order valence-corrected chi connectivity index (χ3v) is 5.42. The number of benzene rings is 2. The number of nitrogens with zero attached hydrogens (tertiary/aromatic N) is 2. The number of nitrogens with one attached hydrogen (secondary N) is 1. The van der Waals surface area contributed by atoms with Crippen molar-refractivity contribution in [3.63, 3.8) is 0 Å². The molecule has 3 aromatic rings. The smallest absolute Gasteiger partial charge is 0.251 e. The van der Waals surface area contributed by atoms with Crippen LogP contribution < -0.4 is 10.1 Å². The van der Waals surface area contributed by atoms with Gasteiger partial charge >= 0.3 is 0 Å². The van der Waals surface area contributed by atoms with Crippen LogP contribution in [0.1, 0.15) is 59.2 Å². The molecule has 0 aliphatic carbocycles. The number of imidazole rings is 1. The van der Waals surface area contributed by atoms with E-state index in [9.17, 15) is 4.79 Å². The van der Waals surface area contributed by atoms with Gasteiger partial charge in [0.05, 0.1) is 6.04 Å². The van der Waals surface area contributed by atoms with Crippen molar-refractivity contribution in [1.29, 1.82) is 0 Å². The molecule has 0 saturated carbocycles. The Morgan fingerprint density at radius 2 is 1.97 bits per heavy atom. The number of hydrogen-bond acceptors (Lipinski definition) is 3. The monoisotopic (exact) mass is 389 g/mol. The summed E-state index contributed by atoms with van der Waals surface area (Å²) in [4.78, 5) is 17.2.